The summed E-state index contributed by atoms with van der Waals surface area (Å²) in [6.45, 7) is 2.13. The second-order valence-corrected chi connectivity index (χ2v) is 4.92. The van der Waals surface area contributed by atoms with E-state index in [-0.39, 0.29) is 6.10 Å². The second kappa shape index (κ2) is 5.50. The minimum absolute atomic E-state index is 0.244. The fourth-order valence-corrected chi connectivity index (χ4v) is 2.43. The molecule has 1 aliphatic rings. The number of aliphatic hydroxyl groups excluding tert-OH is 1. The molecule has 3 heteroatoms. The lowest BCUT2D eigenvalue weighted by Crippen LogP contribution is -2.03. The Morgan fingerprint density at radius 2 is 2.29 bits per heavy atom. The van der Waals surface area contributed by atoms with Gasteiger partial charge in [0, 0.05) is 19.2 Å². The molecular formula is C14H22N2O. The summed E-state index contributed by atoms with van der Waals surface area (Å²) in [6.07, 6.45) is 8.07. The molecular weight excluding hydrogens is 212 g/mol. The highest BCUT2D eigenvalue weighted by Crippen LogP contribution is 2.21. The minimum Gasteiger partial charge on any atom is -0.389 e. The topological polar surface area (TPSA) is 38.0 Å². The fourth-order valence-electron chi connectivity index (χ4n) is 2.43. The Morgan fingerprint density at radius 1 is 1.47 bits per heavy atom. The van der Waals surface area contributed by atoms with Gasteiger partial charge < -0.3 is 5.11 Å². The van der Waals surface area contributed by atoms with Crippen molar-refractivity contribution >= 4 is 0 Å². The molecule has 0 aromatic carbocycles. The van der Waals surface area contributed by atoms with Crippen LogP contribution in [0.15, 0.2) is 17.7 Å². The summed E-state index contributed by atoms with van der Waals surface area (Å²) in [5.41, 5.74) is 3.76. The van der Waals surface area contributed by atoms with E-state index in [4.69, 9.17) is 0 Å². The molecule has 2 rings (SSSR count). The van der Waals surface area contributed by atoms with E-state index in [1.165, 1.54) is 17.7 Å². The lowest BCUT2D eigenvalue weighted by molar-refractivity contribution is 0.211. The van der Waals surface area contributed by atoms with Crippen LogP contribution in [0.1, 0.15) is 44.0 Å². The van der Waals surface area contributed by atoms with Crippen molar-refractivity contribution in [3.8, 4) is 0 Å². The van der Waals surface area contributed by atoms with Crippen molar-refractivity contribution in [2.75, 3.05) is 0 Å². The molecule has 3 nitrogen and oxygen atoms in total. The summed E-state index contributed by atoms with van der Waals surface area (Å²) < 4.78 is 1.97. The molecule has 0 amide bonds. The predicted octanol–water partition coefficient (Wildman–Crippen LogP) is 2.39. The zero-order chi connectivity index (χ0) is 12.3. The highest BCUT2D eigenvalue weighted by atomic mass is 16.3. The van der Waals surface area contributed by atoms with E-state index in [0.29, 0.717) is 0 Å². The van der Waals surface area contributed by atoms with Gasteiger partial charge in [-0.05, 0) is 31.7 Å². The third-order valence-electron chi connectivity index (χ3n) is 3.47. The van der Waals surface area contributed by atoms with E-state index in [1.807, 2.05) is 17.8 Å². The smallest absolute Gasteiger partial charge is 0.0723 e. The van der Waals surface area contributed by atoms with Gasteiger partial charge in [0.25, 0.3) is 0 Å². The molecule has 1 heterocycles. The number of nitrogens with zero attached hydrogens (tertiary/aromatic N) is 2. The SMILES string of the molecule is CCc1cc(CC2=CC(O)CCCC2)n(C)n1. The third kappa shape index (κ3) is 3.19. The van der Waals surface area contributed by atoms with E-state index < -0.39 is 0 Å². The average Bonchev–Trinajstić information content (AvgIpc) is 2.52. The largest absolute Gasteiger partial charge is 0.389 e. The summed E-state index contributed by atoms with van der Waals surface area (Å²) >= 11 is 0. The predicted molar refractivity (Wildman–Crippen MR) is 68.8 cm³/mol. The van der Waals surface area contributed by atoms with Crippen LogP contribution in [-0.2, 0) is 19.9 Å². The summed E-state index contributed by atoms with van der Waals surface area (Å²) in [5.74, 6) is 0. The van der Waals surface area contributed by atoms with Crippen LogP contribution in [0, 0.1) is 0 Å². The van der Waals surface area contributed by atoms with Gasteiger partial charge in [-0.3, -0.25) is 4.68 Å². The standard InChI is InChI=1S/C14H22N2O/c1-3-12-10-13(16(2)15-12)8-11-6-4-5-7-14(17)9-11/h9-10,14,17H,3-8H2,1-2H3. The molecule has 1 atom stereocenters. The van der Waals surface area contributed by atoms with E-state index in [0.717, 1.165) is 37.8 Å². The molecule has 0 saturated carbocycles. The van der Waals surface area contributed by atoms with Crippen molar-refractivity contribution in [1.29, 1.82) is 0 Å². The van der Waals surface area contributed by atoms with Crippen molar-refractivity contribution in [2.45, 2.75) is 51.6 Å². The minimum atomic E-state index is -0.244. The Labute approximate surface area is 103 Å². The summed E-state index contributed by atoms with van der Waals surface area (Å²) in [7, 11) is 2.00. The number of allylic oxidation sites excluding steroid dienone is 1. The van der Waals surface area contributed by atoms with Crippen molar-refractivity contribution in [2.24, 2.45) is 7.05 Å². The number of aryl methyl sites for hydroxylation is 2. The van der Waals surface area contributed by atoms with Crippen LogP contribution in [0.2, 0.25) is 0 Å². The van der Waals surface area contributed by atoms with Crippen LogP contribution in [0.3, 0.4) is 0 Å². The molecule has 1 aromatic heterocycles. The van der Waals surface area contributed by atoms with Crippen LogP contribution >= 0.6 is 0 Å². The third-order valence-corrected chi connectivity index (χ3v) is 3.47. The lowest BCUT2D eigenvalue weighted by atomic mass is 10.0. The first-order chi connectivity index (χ1) is 8.19. The Kier molecular flexibility index (Phi) is 4.00. The summed E-state index contributed by atoms with van der Waals surface area (Å²) in [6, 6.07) is 2.18. The van der Waals surface area contributed by atoms with Crippen molar-refractivity contribution in [3.63, 3.8) is 0 Å². The summed E-state index contributed by atoms with van der Waals surface area (Å²) in [4.78, 5) is 0. The zero-order valence-corrected chi connectivity index (χ0v) is 10.8. The first-order valence-corrected chi connectivity index (χ1v) is 6.58. The molecule has 1 aromatic rings. The van der Waals surface area contributed by atoms with Crippen molar-refractivity contribution < 1.29 is 5.11 Å². The van der Waals surface area contributed by atoms with Gasteiger partial charge >= 0.3 is 0 Å². The molecule has 1 unspecified atom stereocenters. The molecule has 0 fully saturated rings. The maximum Gasteiger partial charge on any atom is 0.0723 e. The van der Waals surface area contributed by atoms with Crippen LogP contribution in [0.25, 0.3) is 0 Å². The van der Waals surface area contributed by atoms with Gasteiger partial charge in [0.1, 0.15) is 0 Å². The number of aliphatic hydroxyl groups is 1. The van der Waals surface area contributed by atoms with Crippen LogP contribution < -0.4 is 0 Å². The van der Waals surface area contributed by atoms with Crippen LogP contribution in [0.4, 0.5) is 0 Å². The van der Waals surface area contributed by atoms with Gasteiger partial charge in [0.05, 0.1) is 11.8 Å². The molecule has 0 bridgehead atoms. The molecule has 0 aliphatic heterocycles. The van der Waals surface area contributed by atoms with Gasteiger partial charge in [-0.1, -0.05) is 25.0 Å². The maximum absolute atomic E-state index is 9.76. The second-order valence-electron chi connectivity index (χ2n) is 4.92. The quantitative estimate of drug-likeness (QED) is 0.815. The van der Waals surface area contributed by atoms with Gasteiger partial charge in [-0.15, -0.1) is 0 Å². The first-order valence-electron chi connectivity index (χ1n) is 6.58. The molecule has 17 heavy (non-hydrogen) atoms. The van der Waals surface area contributed by atoms with Crippen molar-refractivity contribution in [1.82, 2.24) is 9.78 Å². The Hall–Kier alpha value is -1.09. The van der Waals surface area contributed by atoms with E-state index in [9.17, 15) is 5.11 Å². The van der Waals surface area contributed by atoms with Gasteiger partial charge in [0.2, 0.25) is 0 Å². The molecule has 1 N–H and O–H groups in total. The van der Waals surface area contributed by atoms with Gasteiger partial charge in [0.15, 0.2) is 0 Å². The Bertz CT molecular complexity index is 406. The monoisotopic (exact) mass is 234 g/mol. The highest BCUT2D eigenvalue weighted by Gasteiger charge is 2.12. The zero-order valence-electron chi connectivity index (χ0n) is 10.8. The average molecular weight is 234 g/mol. The van der Waals surface area contributed by atoms with E-state index in [2.05, 4.69) is 18.1 Å². The Morgan fingerprint density at radius 3 is 3.00 bits per heavy atom. The van der Waals surface area contributed by atoms with Crippen molar-refractivity contribution in [3.05, 3.63) is 29.1 Å². The highest BCUT2D eigenvalue weighted by molar-refractivity contribution is 5.19. The van der Waals surface area contributed by atoms with E-state index >= 15 is 0 Å². The molecule has 0 saturated heterocycles. The lowest BCUT2D eigenvalue weighted by Gasteiger charge is -2.06. The molecule has 1 aliphatic carbocycles. The molecule has 0 spiro atoms. The van der Waals surface area contributed by atoms with Gasteiger partial charge in [-0.2, -0.15) is 5.10 Å². The van der Waals surface area contributed by atoms with E-state index in [1.54, 1.807) is 0 Å². The first kappa shape index (κ1) is 12.4. The maximum atomic E-state index is 9.76. The fraction of sp³-hybridized carbons (Fsp3) is 0.643. The van der Waals surface area contributed by atoms with Crippen LogP contribution in [-0.4, -0.2) is 21.0 Å². The van der Waals surface area contributed by atoms with Crippen LogP contribution in [0.5, 0.6) is 0 Å². The number of hydrogen-bond acceptors (Lipinski definition) is 2. The molecule has 94 valence electrons. The normalized spacial score (nSPS) is 21.1. The number of rotatable bonds is 3. The number of aromatic nitrogens is 2. The Balaban J connectivity index is 2.10. The number of hydrogen-bond donors (Lipinski definition) is 1. The van der Waals surface area contributed by atoms with Gasteiger partial charge in [-0.25, -0.2) is 0 Å². The molecule has 0 radical (unpaired) electrons. The summed E-state index contributed by atoms with van der Waals surface area (Å²) in [5, 5.41) is 14.2.